The summed E-state index contributed by atoms with van der Waals surface area (Å²) in [6.45, 7) is 0.0514. The second kappa shape index (κ2) is 7.81. The Morgan fingerprint density at radius 2 is 1.95 bits per heavy atom. The fourth-order valence-corrected chi connectivity index (χ4v) is 2.67. The van der Waals surface area contributed by atoms with Crippen LogP contribution in [0.2, 0.25) is 0 Å². The van der Waals surface area contributed by atoms with Crippen LogP contribution in [0.3, 0.4) is 0 Å². The normalized spacial score (nSPS) is 16.8. The van der Waals surface area contributed by atoms with Gasteiger partial charge in [-0.2, -0.15) is 5.10 Å². The SMILES string of the molecule is COC(=O)Cn1cc(NC(=O)C2CCCCCCC2)cn1. The van der Waals surface area contributed by atoms with E-state index < -0.39 is 0 Å². The molecule has 116 valence electrons. The van der Waals surface area contributed by atoms with Crippen LogP contribution in [-0.2, 0) is 20.9 Å². The monoisotopic (exact) mass is 293 g/mol. The molecule has 0 aliphatic heterocycles. The van der Waals surface area contributed by atoms with E-state index >= 15 is 0 Å². The van der Waals surface area contributed by atoms with Crippen LogP contribution < -0.4 is 5.32 Å². The summed E-state index contributed by atoms with van der Waals surface area (Å²) in [7, 11) is 1.34. The van der Waals surface area contributed by atoms with E-state index in [1.54, 1.807) is 12.4 Å². The lowest BCUT2D eigenvalue weighted by molar-refractivity contribution is -0.141. The molecule has 21 heavy (non-hydrogen) atoms. The first-order chi connectivity index (χ1) is 10.2. The van der Waals surface area contributed by atoms with Crippen molar-refractivity contribution in [3.05, 3.63) is 12.4 Å². The lowest BCUT2D eigenvalue weighted by Gasteiger charge is -2.18. The highest BCUT2D eigenvalue weighted by Gasteiger charge is 2.19. The molecule has 6 nitrogen and oxygen atoms in total. The van der Waals surface area contributed by atoms with Crippen LogP contribution in [0.5, 0.6) is 0 Å². The Balaban J connectivity index is 1.88. The van der Waals surface area contributed by atoms with E-state index in [9.17, 15) is 9.59 Å². The maximum atomic E-state index is 12.3. The van der Waals surface area contributed by atoms with Gasteiger partial charge in [0, 0.05) is 12.1 Å². The van der Waals surface area contributed by atoms with Crippen LogP contribution in [0.4, 0.5) is 5.69 Å². The number of aromatic nitrogens is 2. The molecule has 1 aliphatic carbocycles. The van der Waals surface area contributed by atoms with Crippen LogP contribution >= 0.6 is 0 Å². The summed E-state index contributed by atoms with van der Waals surface area (Å²) in [4.78, 5) is 23.4. The molecule has 1 aromatic heterocycles. The van der Waals surface area contributed by atoms with Gasteiger partial charge in [-0.3, -0.25) is 14.3 Å². The number of ether oxygens (including phenoxy) is 1. The van der Waals surface area contributed by atoms with Gasteiger partial charge in [-0.05, 0) is 12.8 Å². The fraction of sp³-hybridized carbons (Fsp3) is 0.667. The molecule has 1 fully saturated rings. The molecule has 0 saturated heterocycles. The van der Waals surface area contributed by atoms with Crippen molar-refractivity contribution >= 4 is 17.6 Å². The number of amides is 1. The summed E-state index contributed by atoms with van der Waals surface area (Å²) < 4.78 is 6.04. The minimum atomic E-state index is -0.365. The number of nitrogens with one attached hydrogen (secondary N) is 1. The van der Waals surface area contributed by atoms with E-state index in [4.69, 9.17) is 0 Å². The zero-order valence-corrected chi connectivity index (χ0v) is 12.5. The minimum Gasteiger partial charge on any atom is -0.468 e. The Morgan fingerprint density at radius 3 is 2.62 bits per heavy atom. The van der Waals surface area contributed by atoms with Gasteiger partial charge in [-0.25, -0.2) is 0 Å². The van der Waals surface area contributed by atoms with Crippen molar-refractivity contribution in [1.29, 1.82) is 0 Å². The zero-order valence-electron chi connectivity index (χ0n) is 12.5. The van der Waals surface area contributed by atoms with Gasteiger partial charge in [0.05, 0.1) is 19.0 Å². The maximum absolute atomic E-state index is 12.3. The molecular weight excluding hydrogens is 270 g/mol. The van der Waals surface area contributed by atoms with Crippen molar-refractivity contribution in [2.75, 3.05) is 12.4 Å². The van der Waals surface area contributed by atoms with Gasteiger partial charge in [0.25, 0.3) is 0 Å². The molecule has 1 amide bonds. The molecule has 1 N–H and O–H groups in total. The topological polar surface area (TPSA) is 73.2 Å². The Kier molecular flexibility index (Phi) is 5.78. The van der Waals surface area contributed by atoms with Gasteiger partial charge in [-0.15, -0.1) is 0 Å². The van der Waals surface area contributed by atoms with E-state index in [2.05, 4.69) is 15.2 Å². The molecule has 6 heteroatoms. The number of carbonyl (C=O) groups is 2. The number of esters is 1. The average Bonchev–Trinajstić information content (AvgIpc) is 2.85. The number of carbonyl (C=O) groups excluding carboxylic acids is 2. The van der Waals surface area contributed by atoms with Crippen LogP contribution in [0, 0.1) is 5.92 Å². The summed E-state index contributed by atoms with van der Waals surface area (Å²) in [5.41, 5.74) is 0.631. The number of methoxy groups -OCH3 is 1. The van der Waals surface area contributed by atoms with Crippen LogP contribution in [0.1, 0.15) is 44.9 Å². The quantitative estimate of drug-likeness (QED) is 0.865. The van der Waals surface area contributed by atoms with Crippen LogP contribution in [-0.4, -0.2) is 28.8 Å². The highest BCUT2D eigenvalue weighted by molar-refractivity contribution is 5.92. The first kappa shape index (κ1) is 15.5. The number of hydrogen-bond donors (Lipinski definition) is 1. The predicted molar refractivity (Wildman–Crippen MR) is 78.7 cm³/mol. The van der Waals surface area contributed by atoms with Crippen molar-refractivity contribution in [3.8, 4) is 0 Å². The van der Waals surface area contributed by atoms with Gasteiger partial charge in [-0.1, -0.05) is 32.1 Å². The second-order valence-corrected chi connectivity index (χ2v) is 5.53. The van der Waals surface area contributed by atoms with Crippen molar-refractivity contribution in [1.82, 2.24) is 9.78 Å². The molecule has 0 aromatic carbocycles. The van der Waals surface area contributed by atoms with E-state index in [-0.39, 0.29) is 24.3 Å². The van der Waals surface area contributed by atoms with E-state index in [1.807, 2.05) is 0 Å². The lowest BCUT2D eigenvalue weighted by Crippen LogP contribution is -2.23. The molecule has 0 spiro atoms. The fourth-order valence-electron chi connectivity index (χ4n) is 2.67. The van der Waals surface area contributed by atoms with Crippen LogP contribution in [0.25, 0.3) is 0 Å². The van der Waals surface area contributed by atoms with E-state index in [0.717, 1.165) is 25.7 Å². The smallest absolute Gasteiger partial charge is 0.327 e. The summed E-state index contributed by atoms with van der Waals surface area (Å²) >= 11 is 0. The number of rotatable bonds is 4. The number of anilines is 1. The summed E-state index contributed by atoms with van der Waals surface area (Å²) in [5, 5.41) is 6.93. The van der Waals surface area contributed by atoms with Gasteiger partial charge >= 0.3 is 5.97 Å². The molecule has 0 atom stereocenters. The Hall–Kier alpha value is -1.85. The number of nitrogens with zero attached hydrogens (tertiary/aromatic N) is 2. The molecule has 0 unspecified atom stereocenters. The third kappa shape index (κ3) is 4.88. The van der Waals surface area contributed by atoms with Gasteiger partial charge in [0.15, 0.2) is 0 Å². The molecule has 2 rings (SSSR count). The predicted octanol–water partition coefficient (Wildman–Crippen LogP) is 2.36. The van der Waals surface area contributed by atoms with Gasteiger partial charge in [0.1, 0.15) is 6.54 Å². The summed E-state index contributed by atoms with van der Waals surface area (Å²) in [6, 6.07) is 0. The van der Waals surface area contributed by atoms with E-state index in [1.165, 1.54) is 31.1 Å². The Bertz CT molecular complexity index is 476. The van der Waals surface area contributed by atoms with E-state index in [0.29, 0.717) is 5.69 Å². The maximum Gasteiger partial charge on any atom is 0.327 e. The Morgan fingerprint density at radius 1 is 1.29 bits per heavy atom. The van der Waals surface area contributed by atoms with Crippen molar-refractivity contribution in [2.45, 2.75) is 51.5 Å². The highest BCUT2D eigenvalue weighted by Crippen LogP contribution is 2.23. The van der Waals surface area contributed by atoms with Crippen molar-refractivity contribution < 1.29 is 14.3 Å². The average molecular weight is 293 g/mol. The first-order valence-electron chi connectivity index (χ1n) is 7.59. The standard InChI is InChI=1S/C15H23N3O3/c1-21-14(19)11-18-10-13(9-16-18)17-15(20)12-7-5-3-2-4-6-8-12/h9-10,12H,2-8,11H2,1H3,(H,17,20). The third-order valence-corrected chi connectivity index (χ3v) is 3.90. The largest absolute Gasteiger partial charge is 0.468 e. The van der Waals surface area contributed by atoms with Gasteiger partial charge in [0.2, 0.25) is 5.91 Å². The molecule has 0 bridgehead atoms. The number of hydrogen-bond acceptors (Lipinski definition) is 4. The summed E-state index contributed by atoms with van der Waals surface area (Å²) in [5.74, 6) is -0.209. The molecule has 1 aliphatic rings. The Labute approximate surface area is 124 Å². The van der Waals surface area contributed by atoms with Crippen molar-refractivity contribution in [2.24, 2.45) is 5.92 Å². The minimum absolute atomic E-state index is 0.0514. The van der Waals surface area contributed by atoms with Crippen molar-refractivity contribution in [3.63, 3.8) is 0 Å². The van der Waals surface area contributed by atoms with Gasteiger partial charge < -0.3 is 10.1 Å². The molecule has 0 radical (unpaired) electrons. The third-order valence-electron chi connectivity index (χ3n) is 3.90. The molecule has 1 saturated carbocycles. The lowest BCUT2D eigenvalue weighted by atomic mass is 9.90. The van der Waals surface area contributed by atoms with Crippen LogP contribution in [0.15, 0.2) is 12.4 Å². The molecule has 1 aromatic rings. The first-order valence-corrected chi connectivity index (χ1v) is 7.59. The second-order valence-electron chi connectivity index (χ2n) is 5.53. The summed E-state index contributed by atoms with van der Waals surface area (Å²) in [6.07, 6.45) is 11.1. The molecular formula is C15H23N3O3. The highest BCUT2D eigenvalue weighted by atomic mass is 16.5. The zero-order chi connectivity index (χ0) is 15.1. The molecule has 1 heterocycles.